The molecule has 0 bridgehead atoms. The highest BCUT2D eigenvalue weighted by Gasteiger charge is 2.54. The van der Waals surface area contributed by atoms with Gasteiger partial charge in [-0.25, -0.2) is 0 Å². The summed E-state index contributed by atoms with van der Waals surface area (Å²) in [5, 5.41) is 0. The zero-order valence-corrected chi connectivity index (χ0v) is 24.8. The number of rotatable bonds is 4. The first-order valence-electron chi connectivity index (χ1n) is 14.6. The Bertz CT molecular complexity index is 460. The van der Waals surface area contributed by atoms with Gasteiger partial charge in [0.15, 0.2) is 0 Å². The van der Waals surface area contributed by atoms with E-state index < -0.39 is 0 Å². The predicted octanol–water partition coefficient (Wildman–Crippen LogP) is 9.87. The smallest absolute Gasteiger partial charge is 0.0195 e. The van der Waals surface area contributed by atoms with Gasteiger partial charge in [-0.3, -0.25) is 0 Å². The molecule has 208 valence electrons. The molecule has 7 unspecified atom stereocenters. The van der Waals surface area contributed by atoms with E-state index in [-0.39, 0.29) is 7.43 Å². The van der Waals surface area contributed by atoms with Crippen LogP contribution in [-0.2, 0) is 0 Å². The molecular formula is C32H70N2. The summed E-state index contributed by atoms with van der Waals surface area (Å²) >= 11 is 0. The number of hydrogen-bond donors (Lipinski definition) is 2. The van der Waals surface area contributed by atoms with Gasteiger partial charge in [0, 0.05) is 0 Å². The third-order valence-corrected chi connectivity index (χ3v) is 8.71. The first-order chi connectivity index (χ1) is 15.8. The Kier molecular flexibility index (Phi) is 24.6. The fourth-order valence-electron chi connectivity index (χ4n) is 7.33. The van der Waals surface area contributed by atoms with E-state index in [4.69, 9.17) is 0 Å². The molecule has 2 heteroatoms. The maximum atomic E-state index is 4.50. The monoisotopic (exact) mass is 483 g/mol. The SMILES string of the molecule is C.C=C(C)CCC(C)C1CCC2C3CCCCCC(C)C3CCC12C.CC.CCC.CN.CN. The molecule has 2 nitrogen and oxygen atoms in total. The van der Waals surface area contributed by atoms with E-state index >= 15 is 0 Å². The van der Waals surface area contributed by atoms with Crippen LogP contribution in [0, 0.1) is 40.9 Å². The van der Waals surface area contributed by atoms with Crippen LogP contribution in [0.5, 0.6) is 0 Å². The van der Waals surface area contributed by atoms with Gasteiger partial charge in [0.05, 0.1) is 0 Å². The molecule has 3 fully saturated rings. The Hall–Kier alpha value is -0.340. The Morgan fingerprint density at radius 1 is 0.912 bits per heavy atom. The minimum Gasteiger partial charge on any atom is -0.333 e. The molecule has 0 spiro atoms. The Balaban J connectivity index is -0.000000855. The van der Waals surface area contributed by atoms with Crippen molar-refractivity contribution in [2.24, 2.45) is 52.4 Å². The second-order valence-corrected chi connectivity index (χ2v) is 11.0. The van der Waals surface area contributed by atoms with Gasteiger partial charge in [-0.1, -0.05) is 93.6 Å². The Labute approximate surface area is 218 Å². The van der Waals surface area contributed by atoms with Gasteiger partial charge in [0.1, 0.15) is 0 Å². The first-order valence-corrected chi connectivity index (χ1v) is 14.6. The summed E-state index contributed by atoms with van der Waals surface area (Å²) in [5.74, 6) is 5.99. The minimum atomic E-state index is 0. The molecule has 34 heavy (non-hydrogen) atoms. The molecule has 0 aromatic heterocycles. The van der Waals surface area contributed by atoms with Crippen molar-refractivity contribution in [2.45, 2.75) is 140 Å². The summed E-state index contributed by atoms with van der Waals surface area (Å²) in [6.45, 7) is 22.4. The molecule has 0 aromatic rings. The van der Waals surface area contributed by atoms with Crippen LogP contribution in [0.2, 0.25) is 0 Å². The second-order valence-electron chi connectivity index (χ2n) is 11.0. The van der Waals surface area contributed by atoms with Crippen molar-refractivity contribution in [3.05, 3.63) is 12.2 Å². The molecule has 3 rings (SSSR count). The number of hydrogen-bond acceptors (Lipinski definition) is 2. The number of nitrogens with two attached hydrogens (primary N) is 2. The van der Waals surface area contributed by atoms with Crippen molar-refractivity contribution in [2.75, 3.05) is 14.1 Å². The van der Waals surface area contributed by atoms with Crippen LogP contribution >= 0.6 is 0 Å². The summed E-state index contributed by atoms with van der Waals surface area (Å²) in [6.07, 6.45) is 17.5. The van der Waals surface area contributed by atoms with E-state index in [1.807, 2.05) is 13.8 Å². The quantitative estimate of drug-likeness (QED) is 0.391. The maximum Gasteiger partial charge on any atom is -0.0195 e. The normalized spacial score (nSPS) is 32.2. The second kappa shape index (κ2) is 21.9. The summed E-state index contributed by atoms with van der Waals surface area (Å²) in [4.78, 5) is 0. The first kappa shape index (κ1) is 38.2. The van der Waals surface area contributed by atoms with E-state index in [1.54, 1.807) is 6.42 Å². The highest BCUT2D eigenvalue weighted by atomic mass is 14.6. The molecular weight excluding hydrogens is 412 g/mol. The standard InChI is InChI=1S/C24H42.C3H8.C2H6.2CH5N.CH4/c1-17(2)11-12-19(4)22-13-14-23-21-10-8-6-7-9-18(3)20(21)15-16-24(22,23)5;1-3-2;3*1-2;/h18-23H,1,6-16H2,2-5H3;3H2,1-2H3;1-2H3;2*2H2,1H3;1H4. The molecule has 0 aromatic carbocycles. The van der Waals surface area contributed by atoms with E-state index in [9.17, 15) is 0 Å². The topological polar surface area (TPSA) is 52.0 Å². The summed E-state index contributed by atoms with van der Waals surface area (Å²) < 4.78 is 0. The molecule has 0 aliphatic heterocycles. The van der Waals surface area contributed by atoms with Gasteiger partial charge in [-0.2, -0.15) is 0 Å². The predicted molar refractivity (Wildman–Crippen MR) is 160 cm³/mol. The maximum absolute atomic E-state index is 4.50. The number of allylic oxidation sites excluding steroid dienone is 1. The van der Waals surface area contributed by atoms with Crippen molar-refractivity contribution < 1.29 is 0 Å². The highest BCUT2D eigenvalue weighted by molar-refractivity contribution is 5.04. The lowest BCUT2D eigenvalue weighted by Gasteiger charge is -2.52. The van der Waals surface area contributed by atoms with Crippen LogP contribution in [0.3, 0.4) is 0 Å². The highest BCUT2D eigenvalue weighted by Crippen LogP contribution is 2.63. The van der Waals surface area contributed by atoms with Gasteiger partial charge in [0.25, 0.3) is 0 Å². The van der Waals surface area contributed by atoms with E-state index in [0.29, 0.717) is 5.41 Å². The third kappa shape index (κ3) is 11.2. The molecule has 0 saturated heterocycles. The lowest BCUT2D eigenvalue weighted by Crippen LogP contribution is -2.44. The van der Waals surface area contributed by atoms with E-state index in [0.717, 1.165) is 35.5 Å². The van der Waals surface area contributed by atoms with Gasteiger partial charge in [-0.05, 0) is 107 Å². The van der Waals surface area contributed by atoms with Gasteiger partial charge in [-0.15, -0.1) is 6.58 Å². The summed E-state index contributed by atoms with van der Waals surface area (Å²) in [6, 6.07) is 0. The third-order valence-electron chi connectivity index (χ3n) is 8.71. The average Bonchev–Trinajstić information content (AvgIpc) is 3.17. The van der Waals surface area contributed by atoms with E-state index in [2.05, 4.69) is 59.6 Å². The van der Waals surface area contributed by atoms with Crippen LogP contribution in [0.1, 0.15) is 140 Å². The average molecular weight is 483 g/mol. The van der Waals surface area contributed by atoms with Crippen molar-refractivity contribution >= 4 is 0 Å². The van der Waals surface area contributed by atoms with Crippen LogP contribution in [0.25, 0.3) is 0 Å². The number of fused-ring (bicyclic) bond motifs is 3. The molecule has 0 radical (unpaired) electrons. The van der Waals surface area contributed by atoms with Crippen LogP contribution < -0.4 is 11.5 Å². The fraction of sp³-hybridized carbons (Fsp3) is 0.938. The van der Waals surface area contributed by atoms with Gasteiger partial charge < -0.3 is 11.5 Å². The van der Waals surface area contributed by atoms with Gasteiger partial charge in [0.2, 0.25) is 0 Å². The van der Waals surface area contributed by atoms with Crippen molar-refractivity contribution in [3.63, 3.8) is 0 Å². The zero-order valence-electron chi connectivity index (χ0n) is 24.8. The van der Waals surface area contributed by atoms with Crippen molar-refractivity contribution in [3.8, 4) is 0 Å². The molecule has 3 aliphatic carbocycles. The molecule has 7 atom stereocenters. The molecule has 3 aliphatic rings. The largest absolute Gasteiger partial charge is 0.333 e. The van der Waals surface area contributed by atoms with Crippen LogP contribution in [0.15, 0.2) is 12.2 Å². The summed E-state index contributed by atoms with van der Waals surface area (Å²) in [5.41, 5.74) is 11.0. The summed E-state index contributed by atoms with van der Waals surface area (Å²) in [7, 11) is 3.00. The molecule has 3 saturated carbocycles. The lowest BCUT2D eigenvalue weighted by molar-refractivity contribution is -0.0291. The lowest BCUT2D eigenvalue weighted by atomic mass is 9.53. The zero-order chi connectivity index (χ0) is 26.0. The van der Waals surface area contributed by atoms with Crippen molar-refractivity contribution in [1.82, 2.24) is 0 Å². The van der Waals surface area contributed by atoms with E-state index in [1.165, 1.54) is 90.3 Å². The van der Waals surface area contributed by atoms with Crippen LogP contribution in [-0.4, -0.2) is 14.1 Å². The molecule has 0 heterocycles. The van der Waals surface area contributed by atoms with Crippen molar-refractivity contribution in [1.29, 1.82) is 0 Å². The van der Waals surface area contributed by atoms with Gasteiger partial charge >= 0.3 is 0 Å². The Morgan fingerprint density at radius 3 is 1.97 bits per heavy atom. The minimum absolute atomic E-state index is 0. The molecule has 4 N–H and O–H groups in total. The molecule has 0 amide bonds. The van der Waals surface area contributed by atoms with Crippen LogP contribution in [0.4, 0.5) is 0 Å². The Morgan fingerprint density at radius 2 is 1.44 bits per heavy atom. The fourth-order valence-corrected chi connectivity index (χ4v) is 7.33.